The Bertz CT molecular complexity index is 1290. The molecule has 4 aromatic rings. The molecule has 4 rings (SSSR count). The molecule has 0 radical (unpaired) electrons. The van der Waals surface area contributed by atoms with Gasteiger partial charge in [-0.3, -0.25) is 9.00 Å². The van der Waals surface area contributed by atoms with Gasteiger partial charge in [-0.05, 0) is 30.2 Å². The van der Waals surface area contributed by atoms with Crippen LogP contribution in [0.1, 0.15) is 27.0 Å². The molecule has 0 aliphatic rings. The first-order chi connectivity index (χ1) is 18.5. The molecule has 4 atom stereocenters. The van der Waals surface area contributed by atoms with Gasteiger partial charge >= 0.3 is 0 Å². The second-order valence-corrected chi connectivity index (χ2v) is 10.6. The number of carbonyl (C=O) groups is 1. The summed E-state index contributed by atoms with van der Waals surface area (Å²) < 4.78 is 25.6. The molecule has 0 heterocycles. The molecule has 38 heavy (non-hydrogen) atoms. The fraction of sp³-hybridized carbons (Fsp3) is 0.219. The SMILES string of the molecule is Cc1ccc([S@](=O)C[C@H](O)[C@@H](OCc2ccccc2)[C@H](OCc2ccccc2)C(=O)c2ccccc2)cc1. The molecule has 6 heteroatoms. The van der Waals surface area contributed by atoms with Crippen LogP contribution in [0.25, 0.3) is 0 Å². The summed E-state index contributed by atoms with van der Waals surface area (Å²) in [5, 5.41) is 11.4. The van der Waals surface area contributed by atoms with E-state index in [9.17, 15) is 14.1 Å². The third kappa shape index (κ3) is 7.79. The van der Waals surface area contributed by atoms with E-state index in [4.69, 9.17) is 9.47 Å². The Hall–Kier alpha value is -3.42. The number of rotatable bonds is 13. The predicted molar refractivity (Wildman–Crippen MR) is 149 cm³/mol. The van der Waals surface area contributed by atoms with E-state index in [1.165, 1.54) is 0 Å². The van der Waals surface area contributed by atoms with Crippen molar-refractivity contribution in [2.45, 2.75) is 43.3 Å². The molecule has 0 unspecified atom stereocenters. The van der Waals surface area contributed by atoms with E-state index < -0.39 is 29.1 Å². The van der Waals surface area contributed by atoms with Gasteiger partial charge in [0.2, 0.25) is 0 Å². The quantitative estimate of drug-likeness (QED) is 0.232. The maximum Gasteiger partial charge on any atom is 0.194 e. The summed E-state index contributed by atoms with van der Waals surface area (Å²) >= 11 is 0. The van der Waals surface area contributed by atoms with Gasteiger partial charge in [0.05, 0.1) is 35.9 Å². The van der Waals surface area contributed by atoms with Gasteiger partial charge in [0.25, 0.3) is 0 Å². The zero-order valence-corrected chi connectivity index (χ0v) is 22.1. The van der Waals surface area contributed by atoms with Crippen molar-refractivity contribution < 1.29 is 23.6 Å². The van der Waals surface area contributed by atoms with Crippen LogP contribution in [-0.4, -0.2) is 39.2 Å². The first-order valence-corrected chi connectivity index (χ1v) is 13.9. The summed E-state index contributed by atoms with van der Waals surface area (Å²) in [5.41, 5.74) is 3.28. The number of Topliss-reactive ketones (excluding diaryl/α,β-unsaturated/α-hetero) is 1. The second kappa shape index (κ2) is 13.9. The van der Waals surface area contributed by atoms with E-state index >= 15 is 0 Å². The largest absolute Gasteiger partial charge is 0.389 e. The number of benzene rings is 4. The summed E-state index contributed by atoms with van der Waals surface area (Å²) in [4.78, 5) is 14.3. The van der Waals surface area contributed by atoms with Crippen molar-refractivity contribution in [2.24, 2.45) is 0 Å². The summed E-state index contributed by atoms with van der Waals surface area (Å²) in [5.74, 6) is -0.407. The molecule has 1 N–H and O–H groups in total. The van der Waals surface area contributed by atoms with Crippen molar-refractivity contribution in [3.05, 3.63) is 138 Å². The van der Waals surface area contributed by atoms with E-state index in [0.29, 0.717) is 10.5 Å². The Labute approximate surface area is 226 Å². The van der Waals surface area contributed by atoms with Gasteiger partial charge in [-0.25, -0.2) is 0 Å². The maximum absolute atomic E-state index is 13.7. The molecule has 0 bridgehead atoms. The lowest BCUT2D eigenvalue weighted by molar-refractivity contribution is -0.111. The van der Waals surface area contributed by atoms with Crippen molar-refractivity contribution in [1.29, 1.82) is 0 Å². The molecule has 0 saturated heterocycles. The number of ether oxygens (including phenoxy) is 2. The number of aryl methyl sites for hydroxylation is 1. The summed E-state index contributed by atoms with van der Waals surface area (Å²) in [7, 11) is -1.50. The van der Waals surface area contributed by atoms with Gasteiger partial charge in [-0.1, -0.05) is 109 Å². The van der Waals surface area contributed by atoms with Gasteiger partial charge in [0.1, 0.15) is 12.2 Å². The molecular weight excluding hydrogens is 496 g/mol. The Balaban J connectivity index is 1.62. The van der Waals surface area contributed by atoms with Crippen molar-refractivity contribution in [3.63, 3.8) is 0 Å². The van der Waals surface area contributed by atoms with Gasteiger partial charge < -0.3 is 14.6 Å². The number of ketones is 1. The molecule has 0 aliphatic heterocycles. The standard InChI is InChI=1S/C32H32O5S/c1-24-17-19-28(20-18-24)38(35)23-29(33)31(36-21-25-11-5-2-6-12-25)32(30(34)27-15-9-4-10-16-27)37-22-26-13-7-3-8-14-26/h2-20,29,31-33H,21-23H2,1H3/t29-,31+,32+,38+/m0/s1. The minimum absolute atomic E-state index is 0.101. The van der Waals surface area contributed by atoms with Crippen molar-refractivity contribution in [3.8, 4) is 0 Å². The molecule has 0 spiro atoms. The lowest BCUT2D eigenvalue weighted by Crippen LogP contribution is -2.47. The third-order valence-electron chi connectivity index (χ3n) is 6.16. The van der Waals surface area contributed by atoms with Crippen molar-refractivity contribution >= 4 is 16.6 Å². The van der Waals surface area contributed by atoms with Crippen LogP contribution in [0.15, 0.2) is 120 Å². The summed E-state index contributed by atoms with van der Waals surface area (Å²) in [6, 6.07) is 35.2. The van der Waals surface area contributed by atoms with E-state index in [2.05, 4.69) is 0 Å². The minimum Gasteiger partial charge on any atom is -0.389 e. The first-order valence-electron chi connectivity index (χ1n) is 12.5. The molecule has 0 saturated carbocycles. The van der Waals surface area contributed by atoms with Crippen LogP contribution in [0, 0.1) is 6.92 Å². The van der Waals surface area contributed by atoms with Gasteiger partial charge in [-0.2, -0.15) is 0 Å². The highest BCUT2D eigenvalue weighted by atomic mass is 32.2. The van der Waals surface area contributed by atoms with Crippen molar-refractivity contribution in [2.75, 3.05) is 5.75 Å². The summed E-state index contributed by atoms with van der Waals surface area (Å²) in [6.45, 7) is 2.27. The minimum atomic E-state index is -1.50. The van der Waals surface area contributed by atoms with Crippen LogP contribution in [0.2, 0.25) is 0 Å². The van der Waals surface area contributed by atoms with Crippen LogP contribution in [0.3, 0.4) is 0 Å². The van der Waals surface area contributed by atoms with E-state index in [0.717, 1.165) is 16.7 Å². The molecule has 0 fully saturated rings. The van der Waals surface area contributed by atoms with Crippen LogP contribution in [0.4, 0.5) is 0 Å². The number of aliphatic hydroxyl groups is 1. The topological polar surface area (TPSA) is 72.8 Å². The fourth-order valence-corrected chi connectivity index (χ4v) is 5.18. The Morgan fingerprint density at radius 3 is 1.79 bits per heavy atom. The van der Waals surface area contributed by atoms with Gasteiger partial charge in [-0.15, -0.1) is 0 Å². The van der Waals surface area contributed by atoms with Crippen molar-refractivity contribution in [1.82, 2.24) is 0 Å². The average molecular weight is 529 g/mol. The zero-order valence-electron chi connectivity index (χ0n) is 21.3. The Kier molecular flexibility index (Phi) is 10.1. The number of carbonyl (C=O) groups excluding carboxylic acids is 1. The monoisotopic (exact) mass is 528 g/mol. The summed E-state index contributed by atoms with van der Waals surface area (Å²) in [6.07, 6.45) is -3.40. The smallest absolute Gasteiger partial charge is 0.194 e. The molecule has 0 aliphatic carbocycles. The number of hydrogen-bond donors (Lipinski definition) is 1. The molecule has 5 nitrogen and oxygen atoms in total. The lowest BCUT2D eigenvalue weighted by atomic mass is 9.98. The predicted octanol–water partition coefficient (Wildman–Crippen LogP) is 5.52. The average Bonchev–Trinajstić information content (AvgIpc) is 2.96. The number of hydrogen-bond acceptors (Lipinski definition) is 5. The third-order valence-corrected chi connectivity index (χ3v) is 7.60. The van der Waals surface area contributed by atoms with Crippen LogP contribution >= 0.6 is 0 Å². The van der Waals surface area contributed by atoms with Crippen LogP contribution in [0.5, 0.6) is 0 Å². The molecule has 4 aromatic carbocycles. The van der Waals surface area contributed by atoms with E-state index in [-0.39, 0.29) is 24.7 Å². The molecule has 0 amide bonds. The molecule has 0 aromatic heterocycles. The Morgan fingerprint density at radius 1 is 0.737 bits per heavy atom. The van der Waals surface area contributed by atoms with Gasteiger partial charge in [0, 0.05) is 10.5 Å². The highest BCUT2D eigenvalue weighted by Crippen LogP contribution is 2.21. The Morgan fingerprint density at radius 2 is 1.24 bits per heavy atom. The molecule has 196 valence electrons. The van der Waals surface area contributed by atoms with Crippen LogP contribution < -0.4 is 0 Å². The van der Waals surface area contributed by atoms with E-state index in [1.54, 1.807) is 36.4 Å². The lowest BCUT2D eigenvalue weighted by Gasteiger charge is -2.30. The number of aliphatic hydroxyl groups excluding tert-OH is 1. The van der Waals surface area contributed by atoms with E-state index in [1.807, 2.05) is 85.8 Å². The van der Waals surface area contributed by atoms with Crippen LogP contribution in [-0.2, 0) is 33.5 Å². The highest BCUT2D eigenvalue weighted by Gasteiger charge is 2.37. The normalized spacial score (nSPS) is 14.4. The maximum atomic E-state index is 13.7. The molecular formula is C32H32O5S. The highest BCUT2D eigenvalue weighted by molar-refractivity contribution is 7.85. The fourth-order valence-electron chi connectivity index (χ4n) is 4.05. The van der Waals surface area contributed by atoms with Gasteiger partial charge in [0.15, 0.2) is 5.78 Å². The first kappa shape index (κ1) is 27.6. The zero-order chi connectivity index (χ0) is 26.7. The second-order valence-electron chi connectivity index (χ2n) is 9.10.